The Morgan fingerprint density at radius 2 is 1.89 bits per heavy atom. The number of hydrogen-bond acceptors (Lipinski definition) is 7. The van der Waals surface area contributed by atoms with Crippen molar-refractivity contribution in [3.05, 3.63) is 68.3 Å². The number of halogens is 1. The second kappa shape index (κ2) is 10.4. The van der Waals surface area contributed by atoms with Gasteiger partial charge in [-0.3, -0.25) is 14.3 Å². The number of carbonyl (C=O) groups excluding carboxylic acids is 1. The Morgan fingerprint density at radius 3 is 2.53 bits per heavy atom. The molecule has 0 spiro atoms. The lowest BCUT2D eigenvalue weighted by atomic mass is 10.0. The van der Waals surface area contributed by atoms with E-state index in [1.54, 1.807) is 24.1 Å². The lowest BCUT2D eigenvalue weighted by molar-refractivity contribution is 0.102. The van der Waals surface area contributed by atoms with Crippen molar-refractivity contribution in [1.82, 2.24) is 24.3 Å². The summed E-state index contributed by atoms with van der Waals surface area (Å²) in [5.41, 5.74) is 2.03. The van der Waals surface area contributed by atoms with E-state index in [4.69, 9.17) is 0 Å². The molecule has 4 rings (SSSR count). The maximum atomic E-state index is 14.6. The molecule has 0 bridgehead atoms. The predicted molar refractivity (Wildman–Crippen MR) is 140 cm³/mol. The van der Waals surface area contributed by atoms with Gasteiger partial charge in [-0.05, 0) is 43.0 Å². The summed E-state index contributed by atoms with van der Waals surface area (Å²) < 4.78 is 17.7. The summed E-state index contributed by atoms with van der Waals surface area (Å²) in [4.78, 5) is 35.9. The molecule has 188 valence electrons. The molecule has 2 N–H and O–H groups in total. The van der Waals surface area contributed by atoms with E-state index < -0.39 is 11.7 Å². The van der Waals surface area contributed by atoms with Crippen LogP contribution in [0.25, 0.3) is 11.4 Å². The van der Waals surface area contributed by atoms with E-state index in [1.165, 1.54) is 34.2 Å². The molecule has 0 fully saturated rings. The summed E-state index contributed by atoms with van der Waals surface area (Å²) in [5.74, 6) is -0.933. The normalized spacial score (nSPS) is 11.2. The van der Waals surface area contributed by atoms with Gasteiger partial charge in [0.25, 0.3) is 11.5 Å². The fourth-order valence-corrected chi connectivity index (χ4v) is 4.86. The lowest BCUT2D eigenvalue weighted by Crippen LogP contribution is -2.21. The van der Waals surface area contributed by atoms with Crippen LogP contribution in [0, 0.1) is 5.82 Å². The van der Waals surface area contributed by atoms with Crippen LogP contribution >= 0.6 is 11.3 Å². The summed E-state index contributed by atoms with van der Waals surface area (Å²) in [6.45, 7) is 8.84. The Labute approximate surface area is 212 Å². The van der Waals surface area contributed by atoms with Crippen molar-refractivity contribution < 1.29 is 9.18 Å². The molecule has 0 saturated carbocycles. The SMILES string of the molecule is CCc1sc(C(=O)Nc2nc(-c3cn(C)c(=O)c(Nc4cnn(CC)c4)n3)ccc2F)cc1C(C)C. The first kappa shape index (κ1) is 25.2. The Balaban J connectivity index is 1.63. The molecule has 0 aliphatic carbocycles. The molecule has 0 atom stereocenters. The van der Waals surface area contributed by atoms with Gasteiger partial charge >= 0.3 is 0 Å². The van der Waals surface area contributed by atoms with E-state index in [9.17, 15) is 14.0 Å². The molecule has 4 heterocycles. The Hall–Kier alpha value is -3.86. The first-order valence-corrected chi connectivity index (χ1v) is 12.5. The number of thiophene rings is 1. The number of aryl methyl sites for hydroxylation is 3. The largest absolute Gasteiger partial charge is 0.333 e. The standard InChI is InChI=1S/C25H28FN7O2S/c1-6-20-16(14(3)4)10-21(36-20)24(34)31-22-17(26)8-9-18(29-22)19-13-32(5)25(35)23(30-19)28-15-11-27-33(7-2)12-15/h8-14H,6-7H2,1-5H3,(H,28,30)(H,29,31,34). The lowest BCUT2D eigenvalue weighted by Gasteiger charge is -2.10. The third-order valence-electron chi connectivity index (χ3n) is 5.64. The number of carbonyl (C=O) groups is 1. The van der Waals surface area contributed by atoms with Crippen molar-refractivity contribution in [2.75, 3.05) is 10.6 Å². The van der Waals surface area contributed by atoms with Crippen molar-refractivity contribution >= 4 is 34.6 Å². The van der Waals surface area contributed by atoms with E-state index in [2.05, 4.69) is 39.5 Å². The van der Waals surface area contributed by atoms with Crippen LogP contribution in [0.2, 0.25) is 0 Å². The van der Waals surface area contributed by atoms with Gasteiger partial charge in [-0.1, -0.05) is 20.8 Å². The van der Waals surface area contributed by atoms with Gasteiger partial charge in [0, 0.05) is 30.9 Å². The zero-order valence-corrected chi connectivity index (χ0v) is 21.6. The number of rotatable bonds is 8. The highest BCUT2D eigenvalue weighted by Gasteiger charge is 2.19. The molecule has 0 unspecified atom stereocenters. The second-order valence-electron chi connectivity index (χ2n) is 8.58. The average molecular weight is 510 g/mol. The van der Waals surface area contributed by atoms with Gasteiger partial charge in [-0.2, -0.15) is 5.10 Å². The van der Waals surface area contributed by atoms with Gasteiger partial charge in [0.15, 0.2) is 17.5 Å². The van der Waals surface area contributed by atoms with Gasteiger partial charge in [0.1, 0.15) is 5.69 Å². The first-order chi connectivity index (χ1) is 17.2. The highest BCUT2D eigenvalue weighted by atomic mass is 32.1. The zero-order valence-electron chi connectivity index (χ0n) is 20.8. The third kappa shape index (κ3) is 5.20. The molecule has 11 heteroatoms. The summed E-state index contributed by atoms with van der Waals surface area (Å²) in [6.07, 6.45) is 5.69. The molecule has 0 radical (unpaired) electrons. The Kier molecular flexibility index (Phi) is 7.30. The van der Waals surface area contributed by atoms with Crippen molar-refractivity contribution in [3.8, 4) is 11.4 Å². The molecule has 0 aliphatic heterocycles. The van der Waals surface area contributed by atoms with E-state index in [1.807, 2.05) is 19.9 Å². The number of hydrogen-bond donors (Lipinski definition) is 2. The van der Waals surface area contributed by atoms with Crippen LogP contribution in [-0.2, 0) is 20.0 Å². The third-order valence-corrected chi connectivity index (χ3v) is 6.93. The van der Waals surface area contributed by atoms with E-state index in [0.717, 1.165) is 16.9 Å². The maximum absolute atomic E-state index is 14.6. The predicted octanol–water partition coefficient (Wildman–Crippen LogP) is 4.94. The quantitative estimate of drug-likeness (QED) is 0.348. The Bertz CT molecular complexity index is 1470. The second-order valence-corrected chi connectivity index (χ2v) is 9.72. The van der Waals surface area contributed by atoms with Gasteiger partial charge in [-0.15, -0.1) is 11.3 Å². The minimum atomic E-state index is -0.668. The summed E-state index contributed by atoms with van der Waals surface area (Å²) >= 11 is 1.40. The van der Waals surface area contributed by atoms with Gasteiger partial charge < -0.3 is 15.2 Å². The minimum absolute atomic E-state index is 0.0780. The van der Waals surface area contributed by atoms with Crippen LogP contribution in [0.5, 0.6) is 0 Å². The number of nitrogens with one attached hydrogen (secondary N) is 2. The molecule has 9 nitrogen and oxygen atoms in total. The van der Waals surface area contributed by atoms with Crippen LogP contribution in [0.15, 0.2) is 41.6 Å². The molecule has 4 aromatic rings. The average Bonchev–Trinajstić information content (AvgIpc) is 3.50. The minimum Gasteiger partial charge on any atom is -0.333 e. The molecule has 0 aromatic carbocycles. The monoisotopic (exact) mass is 509 g/mol. The molecular weight excluding hydrogens is 481 g/mol. The van der Waals surface area contributed by atoms with E-state index >= 15 is 0 Å². The fraction of sp³-hybridized carbons (Fsp3) is 0.320. The molecule has 4 aromatic heterocycles. The first-order valence-electron chi connectivity index (χ1n) is 11.7. The fourth-order valence-electron chi connectivity index (χ4n) is 3.71. The summed E-state index contributed by atoms with van der Waals surface area (Å²) in [7, 11) is 1.59. The molecule has 1 amide bonds. The summed E-state index contributed by atoms with van der Waals surface area (Å²) in [5, 5.41) is 9.76. The molecule has 36 heavy (non-hydrogen) atoms. The number of nitrogens with zero attached hydrogens (tertiary/aromatic N) is 5. The van der Waals surface area contributed by atoms with Gasteiger partial charge in [0.2, 0.25) is 0 Å². The van der Waals surface area contributed by atoms with Crippen LogP contribution in [0.4, 0.5) is 21.7 Å². The number of pyridine rings is 1. The number of aromatic nitrogens is 5. The van der Waals surface area contributed by atoms with Crippen molar-refractivity contribution in [2.45, 2.75) is 46.6 Å². The Morgan fingerprint density at radius 1 is 1.14 bits per heavy atom. The summed E-state index contributed by atoms with van der Waals surface area (Å²) in [6, 6.07) is 4.53. The van der Waals surface area contributed by atoms with Crippen LogP contribution in [-0.4, -0.2) is 30.2 Å². The molecule has 0 saturated heterocycles. The van der Waals surface area contributed by atoms with Crippen LogP contribution in [0.3, 0.4) is 0 Å². The topological polar surface area (TPSA) is 107 Å². The highest BCUT2D eigenvalue weighted by Crippen LogP contribution is 2.30. The highest BCUT2D eigenvalue weighted by molar-refractivity contribution is 7.14. The van der Waals surface area contributed by atoms with Crippen molar-refractivity contribution in [2.24, 2.45) is 7.05 Å². The molecular formula is C25H28FN7O2S. The van der Waals surface area contributed by atoms with E-state index in [-0.39, 0.29) is 23.1 Å². The van der Waals surface area contributed by atoms with Crippen LogP contribution < -0.4 is 16.2 Å². The van der Waals surface area contributed by atoms with Crippen LogP contribution in [0.1, 0.15) is 53.7 Å². The number of anilines is 3. The van der Waals surface area contributed by atoms with Crippen molar-refractivity contribution in [3.63, 3.8) is 0 Å². The number of amides is 1. The van der Waals surface area contributed by atoms with Gasteiger partial charge in [0.05, 0.1) is 22.5 Å². The van der Waals surface area contributed by atoms with Gasteiger partial charge in [-0.25, -0.2) is 14.4 Å². The van der Waals surface area contributed by atoms with Crippen molar-refractivity contribution in [1.29, 1.82) is 0 Å². The molecule has 0 aliphatic rings. The maximum Gasteiger partial charge on any atom is 0.293 e. The smallest absolute Gasteiger partial charge is 0.293 e. The zero-order chi connectivity index (χ0) is 26.0. The van der Waals surface area contributed by atoms with E-state index in [0.29, 0.717) is 28.5 Å².